The monoisotopic (exact) mass is 557 g/mol. The lowest BCUT2D eigenvalue weighted by atomic mass is 10.1. The molecule has 0 saturated heterocycles. The highest BCUT2D eigenvalue weighted by Crippen LogP contribution is 2.21. The molecule has 216 valence electrons. The maximum Gasteiger partial charge on any atom is 0.312 e. The molecule has 0 aliphatic heterocycles. The predicted octanol–water partition coefficient (Wildman–Crippen LogP) is 4.45. The molecule has 0 bridgehead atoms. The number of halogens is 1. The lowest BCUT2D eigenvalue weighted by molar-refractivity contribution is -0.151. The Bertz CT molecular complexity index is 1310. The van der Waals surface area contributed by atoms with Crippen LogP contribution in [0.4, 0.5) is 10.2 Å². The fourth-order valence-electron chi connectivity index (χ4n) is 3.85. The van der Waals surface area contributed by atoms with Gasteiger partial charge in [-0.05, 0) is 18.9 Å². The molecule has 1 amide bonds. The third-order valence-electron chi connectivity index (χ3n) is 6.21. The summed E-state index contributed by atoms with van der Waals surface area (Å²) in [7, 11) is 1.51. The first-order valence-electron chi connectivity index (χ1n) is 13.4. The van der Waals surface area contributed by atoms with Gasteiger partial charge in [0.2, 0.25) is 0 Å². The van der Waals surface area contributed by atoms with Gasteiger partial charge < -0.3 is 24.1 Å². The highest BCUT2D eigenvalue weighted by Gasteiger charge is 2.20. The number of unbranched alkanes of at least 4 members (excludes halogenated alkanes) is 2. The number of ether oxygens (including phenoxy) is 3. The summed E-state index contributed by atoms with van der Waals surface area (Å²) < 4.78 is 32.0. The first-order chi connectivity index (χ1) is 19.2. The van der Waals surface area contributed by atoms with Crippen molar-refractivity contribution in [1.29, 1.82) is 0 Å². The highest BCUT2D eigenvalue weighted by atomic mass is 19.1. The van der Waals surface area contributed by atoms with Crippen molar-refractivity contribution >= 4 is 34.8 Å². The number of nitrogens with zero attached hydrogens (tertiary/aromatic N) is 4. The van der Waals surface area contributed by atoms with Crippen molar-refractivity contribution in [2.75, 3.05) is 19.0 Å². The first-order valence-corrected chi connectivity index (χ1v) is 13.4. The summed E-state index contributed by atoms with van der Waals surface area (Å²) in [4.78, 5) is 48.9. The Morgan fingerprint density at radius 1 is 1.10 bits per heavy atom. The number of hydrogen-bond donors (Lipinski definition) is 1. The van der Waals surface area contributed by atoms with Gasteiger partial charge in [0.25, 0.3) is 5.91 Å². The summed E-state index contributed by atoms with van der Waals surface area (Å²) >= 11 is 0. The van der Waals surface area contributed by atoms with E-state index in [1.807, 2.05) is 6.92 Å². The predicted molar refractivity (Wildman–Crippen MR) is 145 cm³/mol. The zero-order valence-electron chi connectivity index (χ0n) is 23.3. The molecule has 0 aliphatic rings. The molecule has 0 radical (unpaired) electrons. The minimum absolute atomic E-state index is 0.0656. The van der Waals surface area contributed by atoms with Gasteiger partial charge in [-0.2, -0.15) is 14.4 Å². The summed E-state index contributed by atoms with van der Waals surface area (Å²) in [6.45, 7) is 5.89. The molecule has 2 heterocycles. The summed E-state index contributed by atoms with van der Waals surface area (Å²) in [5, 5.41) is 2.62. The van der Waals surface area contributed by atoms with Crippen molar-refractivity contribution in [2.45, 2.75) is 72.1 Å². The number of esters is 2. The molecular weight excluding hydrogens is 521 g/mol. The highest BCUT2D eigenvalue weighted by molar-refractivity contribution is 6.07. The molecule has 1 N–H and O–H groups in total. The molecule has 1 atom stereocenters. The van der Waals surface area contributed by atoms with Crippen molar-refractivity contribution < 1.29 is 33.0 Å². The van der Waals surface area contributed by atoms with Crippen LogP contribution in [-0.4, -0.2) is 57.2 Å². The van der Waals surface area contributed by atoms with Gasteiger partial charge in [0, 0.05) is 31.2 Å². The number of benzene rings is 1. The second-order valence-electron chi connectivity index (χ2n) is 9.61. The lowest BCUT2D eigenvalue weighted by Gasteiger charge is -2.16. The van der Waals surface area contributed by atoms with Gasteiger partial charge in [-0.15, -0.1) is 0 Å². The number of hydrogen-bond acceptors (Lipinski definition) is 9. The Morgan fingerprint density at radius 2 is 1.88 bits per heavy atom. The van der Waals surface area contributed by atoms with E-state index >= 15 is 0 Å². The molecule has 0 saturated carbocycles. The van der Waals surface area contributed by atoms with E-state index in [1.54, 1.807) is 42.7 Å². The van der Waals surface area contributed by atoms with E-state index in [9.17, 15) is 18.8 Å². The molecule has 0 aliphatic carbocycles. The van der Waals surface area contributed by atoms with Gasteiger partial charge in [0.05, 0.1) is 18.3 Å². The lowest BCUT2D eigenvalue weighted by Crippen LogP contribution is -2.24. The quantitative estimate of drug-likeness (QED) is 0.163. The van der Waals surface area contributed by atoms with E-state index in [0.717, 1.165) is 19.3 Å². The number of anilines is 1. The van der Waals surface area contributed by atoms with E-state index in [1.165, 1.54) is 13.4 Å². The second kappa shape index (κ2) is 15.0. The normalized spacial score (nSPS) is 11.9. The Hall–Kier alpha value is -3.93. The number of rotatable bonds is 15. The van der Waals surface area contributed by atoms with Crippen LogP contribution < -0.4 is 5.32 Å². The smallest absolute Gasteiger partial charge is 0.312 e. The van der Waals surface area contributed by atoms with Crippen LogP contribution in [0.5, 0.6) is 0 Å². The van der Waals surface area contributed by atoms with Crippen LogP contribution in [0.3, 0.4) is 0 Å². The molecule has 12 heteroatoms. The zero-order chi connectivity index (χ0) is 29.1. The molecular formula is C28H36FN5O6. The number of aryl methyl sites for hydroxylation is 1. The third kappa shape index (κ3) is 8.54. The van der Waals surface area contributed by atoms with Gasteiger partial charge in [0.1, 0.15) is 13.2 Å². The van der Waals surface area contributed by atoms with Crippen molar-refractivity contribution in [3.63, 3.8) is 0 Å². The van der Waals surface area contributed by atoms with Crippen LogP contribution in [0.2, 0.25) is 0 Å². The number of fused-ring (bicyclic) bond motifs is 1. The minimum atomic E-state index is -1.03. The molecule has 3 rings (SSSR count). The van der Waals surface area contributed by atoms with Crippen LogP contribution in [0.1, 0.15) is 68.8 Å². The molecule has 1 aromatic carbocycles. The molecule has 0 fully saturated rings. The maximum absolute atomic E-state index is 14.4. The molecule has 11 nitrogen and oxygen atoms in total. The van der Waals surface area contributed by atoms with E-state index in [0.29, 0.717) is 24.9 Å². The number of nitrogens with one attached hydrogen (secondary N) is 1. The number of amides is 1. The molecule has 0 spiro atoms. The van der Waals surface area contributed by atoms with Crippen molar-refractivity contribution in [2.24, 2.45) is 5.92 Å². The van der Waals surface area contributed by atoms with Gasteiger partial charge in [0.15, 0.2) is 17.0 Å². The fraction of sp³-hybridized carbons (Fsp3) is 0.500. The Kier molecular flexibility index (Phi) is 11.5. The van der Waals surface area contributed by atoms with Crippen molar-refractivity contribution in [1.82, 2.24) is 19.5 Å². The average molecular weight is 558 g/mol. The van der Waals surface area contributed by atoms with Gasteiger partial charge in [-0.25, -0.2) is 4.98 Å². The largest absolute Gasteiger partial charge is 0.463 e. The van der Waals surface area contributed by atoms with E-state index < -0.39 is 12.0 Å². The van der Waals surface area contributed by atoms with Gasteiger partial charge in [-0.1, -0.05) is 51.8 Å². The molecule has 2 aromatic heterocycles. The van der Waals surface area contributed by atoms with Crippen molar-refractivity contribution in [3.05, 3.63) is 47.8 Å². The van der Waals surface area contributed by atoms with Gasteiger partial charge in [-0.3, -0.25) is 14.4 Å². The summed E-state index contributed by atoms with van der Waals surface area (Å²) in [5.74, 6) is -1.55. The second-order valence-corrected chi connectivity index (χ2v) is 9.61. The number of aromatic nitrogens is 4. The number of imidazole rings is 1. The Balaban J connectivity index is 1.70. The molecule has 40 heavy (non-hydrogen) atoms. The first kappa shape index (κ1) is 30.6. The topological polar surface area (TPSA) is 135 Å². The fourth-order valence-corrected chi connectivity index (χ4v) is 3.85. The average Bonchev–Trinajstić information content (AvgIpc) is 3.34. The van der Waals surface area contributed by atoms with Crippen LogP contribution in [-0.2, 0) is 37.0 Å². The Morgan fingerprint density at radius 3 is 2.60 bits per heavy atom. The van der Waals surface area contributed by atoms with Gasteiger partial charge >= 0.3 is 18.0 Å². The summed E-state index contributed by atoms with van der Waals surface area (Å²) in [6, 6.07) is 6.68. The van der Waals surface area contributed by atoms with Crippen LogP contribution in [0.25, 0.3) is 11.2 Å². The SMILES string of the molecule is CCCCCC(=O)OCc1ccccc1C(=O)Nc1nc(F)nc2c1ncn2CCC(COC(=O)C(C)C)OC. The van der Waals surface area contributed by atoms with Crippen LogP contribution >= 0.6 is 0 Å². The zero-order valence-corrected chi connectivity index (χ0v) is 23.3. The minimum Gasteiger partial charge on any atom is -0.463 e. The maximum atomic E-state index is 14.4. The number of carbonyl (C=O) groups is 3. The van der Waals surface area contributed by atoms with Crippen LogP contribution in [0, 0.1) is 12.0 Å². The standard InChI is InChI=1S/C28H36FN5O6/c1-5-6-7-12-22(35)39-15-19-10-8-9-11-21(19)26(36)31-24-23-25(33-28(29)32-24)34(17-30-23)14-13-20(38-4)16-40-27(37)18(2)3/h8-11,17-18,20H,5-7,12-16H2,1-4H3,(H,31,32,33,36). The number of carbonyl (C=O) groups excluding carboxylic acids is 3. The van der Waals surface area contributed by atoms with E-state index in [-0.39, 0.29) is 59.7 Å². The summed E-state index contributed by atoms with van der Waals surface area (Å²) in [6.07, 6.45) is 3.48. The molecule has 3 aromatic rings. The summed E-state index contributed by atoms with van der Waals surface area (Å²) in [5.41, 5.74) is 1.15. The van der Waals surface area contributed by atoms with E-state index in [4.69, 9.17) is 14.2 Å². The van der Waals surface area contributed by atoms with Crippen molar-refractivity contribution in [3.8, 4) is 0 Å². The third-order valence-corrected chi connectivity index (χ3v) is 6.21. The van der Waals surface area contributed by atoms with Crippen LogP contribution in [0.15, 0.2) is 30.6 Å². The van der Waals surface area contributed by atoms with E-state index in [2.05, 4.69) is 20.3 Å². The Labute approximate surface area is 232 Å². The molecule has 1 unspecified atom stereocenters. The number of methoxy groups -OCH3 is 1.